The summed E-state index contributed by atoms with van der Waals surface area (Å²) < 4.78 is 25.1. The Balaban J connectivity index is 3.98. The molecule has 0 aliphatic heterocycles. The van der Waals surface area contributed by atoms with Gasteiger partial charge in [-0.3, -0.25) is 0 Å². The molecule has 0 rings (SSSR count). The van der Waals surface area contributed by atoms with Crippen LogP contribution in [-0.4, -0.2) is 24.8 Å². The van der Waals surface area contributed by atoms with Crippen molar-refractivity contribution in [3.8, 4) is 0 Å². The molecule has 0 amide bonds. The number of aliphatic hydroxyl groups is 1. The first-order valence-corrected chi connectivity index (χ1v) is 6.13. The lowest BCUT2D eigenvalue weighted by molar-refractivity contribution is 0.591. The highest BCUT2D eigenvalue weighted by Gasteiger charge is 2.05. The van der Waals surface area contributed by atoms with Crippen LogP contribution in [0.3, 0.4) is 0 Å². The van der Waals surface area contributed by atoms with Crippen molar-refractivity contribution in [1.29, 1.82) is 0 Å². The fourth-order valence-corrected chi connectivity index (χ4v) is 2.20. The molecule has 0 atom stereocenters. The minimum absolute atomic E-state index is 0.0711. The summed E-state index contributed by atoms with van der Waals surface area (Å²) in [7, 11) is -3.32. The molecule has 0 aliphatic carbocycles. The van der Waals surface area contributed by atoms with Crippen LogP contribution in [0.15, 0.2) is 3.77 Å². The van der Waals surface area contributed by atoms with E-state index in [4.69, 9.17) is 5.11 Å². The van der Waals surface area contributed by atoms with E-state index in [0.717, 1.165) is 12.8 Å². The second kappa shape index (κ2) is 6.33. The molecule has 1 N–H and O–H groups in total. The second-order valence-corrected chi connectivity index (χ2v) is 4.87. The molecule has 0 heterocycles. The molecule has 0 unspecified atom stereocenters. The lowest BCUT2D eigenvalue weighted by Gasteiger charge is -1.94. The second-order valence-electron chi connectivity index (χ2n) is 2.28. The summed E-state index contributed by atoms with van der Waals surface area (Å²) >= 11 is 0.541. The van der Waals surface area contributed by atoms with Gasteiger partial charge in [0.1, 0.15) is 5.55 Å². The maximum absolute atomic E-state index is 10.9. The van der Waals surface area contributed by atoms with Gasteiger partial charge in [0.05, 0.1) is 5.75 Å². The normalized spacial score (nSPS) is 10.8. The largest absolute Gasteiger partial charge is 0.357 e. The van der Waals surface area contributed by atoms with Crippen molar-refractivity contribution in [2.45, 2.75) is 26.2 Å². The Morgan fingerprint density at radius 2 is 2.17 bits per heavy atom. The van der Waals surface area contributed by atoms with Gasteiger partial charge in [-0.25, -0.2) is 8.42 Å². The molecule has 0 bridgehead atoms. The van der Waals surface area contributed by atoms with Gasteiger partial charge in [-0.2, -0.15) is 0 Å². The fraction of sp³-hybridized carbons (Fsp3) is 0.833. The number of hydrogen-bond acceptors (Lipinski definition) is 2. The molecule has 12 heavy (non-hydrogen) atoms. The third kappa shape index (κ3) is 6.51. The number of unbranched alkanes of at least 4 members (excludes halogenated alkanes) is 2. The van der Waals surface area contributed by atoms with Crippen molar-refractivity contribution in [3.05, 3.63) is 0 Å². The topological polar surface area (TPSA) is 66.7 Å². The summed E-state index contributed by atoms with van der Waals surface area (Å²) in [5.41, 5.74) is 0.650. The third-order valence-corrected chi connectivity index (χ3v) is 3.36. The van der Waals surface area contributed by atoms with Gasteiger partial charge in [0.2, 0.25) is 0 Å². The Kier molecular flexibility index (Phi) is 6.23. The van der Waals surface area contributed by atoms with Crippen LogP contribution in [-0.2, 0) is 21.2 Å². The van der Waals surface area contributed by atoms with Crippen LogP contribution in [0.1, 0.15) is 26.2 Å². The first-order valence-electron chi connectivity index (χ1n) is 3.69. The molecular formula is C6H13NO3S2. The molecule has 0 aliphatic rings. The molecule has 0 saturated heterocycles. The van der Waals surface area contributed by atoms with Crippen LogP contribution in [0, 0.1) is 0 Å². The van der Waals surface area contributed by atoms with E-state index in [2.05, 4.69) is 3.77 Å². The van der Waals surface area contributed by atoms with E-state index in [0.29, 0.717) is 23.1 Å². The molecule has 0 aromatic carbocycles. The summed E-state index contributed by atoms with van der Waals surface area (Å²) in [6.45, 7) is 2.00. The highest BCUT2D eigenvalue weighted by atomic mass is 32.2. The molecule has 0 saturated carbocycles. The van der Waals surface area contributed by atoms with E-state index in [-0.39, 0.29) is 5.75 Å². The first kappa shape index (κ1) is 11.8. The first-order chi connectivity index (χ1) is 5.62. The van der Waals surface area contributed by atoms with E-state index < -0.39 is 10.0 Å². The van der Waals surface area contributed by atoms with Crippen molar-refractivity contribution in [1.82, 2.24) is 0 Å². The van der Waals surface area contributed by atoms with Gasteiger partial charge in [-0.1, -0.05) is 19.8 Å². The average Bonchev–Trinajstić information content (AvgIpc) is 2.01. The van der Waals surface area contributed by atoms with E-state index in [9.17, 15) is 8.42 Å². The fourth-order valence-electron chi connectivity index (χ4n) is 0.657. The van der Waals surface area contributed by atoms with E-state index in [1.165, 1.54) is 0 Å². The number of hydrogen-bond donors (Lipinski definition) is 1. The van der Waals surface area contributed by atoms with E-state index in [1.54, 1.807) is 0 Å². The molecule has 0 aromatic rings. The number of aliphatic hydroxyl groups excluding tert-OH is 1. The third-order valence-electron chi connectivity index (χ3n) is 1.21. The summed E-state index contributed by atoms with van der Waals surface area (Å²) in [4.78, 5) is 0. The lowest BCUT2D eigenvalue weighted by Crippen LogP contribution is -2.01. The van der Waals surface area contributed by atoms with Crippen molar-refractivity contribution >= 4 is 26.7 Å². The Morgan fingerprint density at radius 1 is 1.50 bits per heavy atom. The highest BCUT2D eigenvalue weighted by Crippen LogP contribution is 2.00. The van der Waals surface area contributed by atoms with E-state index in [1.807, 2.05) is 6.92 Å². The standard InChI is InChI=1S/C6H13NO3S2/c1-2-3-4-5-12(9,10)7-11-6-8/h6,8H,2-5H2,1H3. The SMILES string of the molecule is CCCCCS(=O)(=O)N=S=CO. The zero-order valence-corrected chi connectivity index (χ0v) is 8.57. The predicted molar refractivity (Wildman–Crippen MR) is 51.8 cm³/mol. The smallest absolute Gasteiger partial charge is 0.263 e. The van der Waals surface area contributed by atoms with Crippen LogP contribution in [0.2, 0.25) is 0 Å². The zero-order valence-electron chi connectivity index (χ0n) is 6.93. The zero-order chi connectivity index (χ0) is 9.45. The Labute approximate surface area is 76.4 Å². The average molecular weight is 211 g/mol. The molecule has 6 heteroatoms. The summed E-state index contributed by atoms with van der Waals surface area (Å²) in [6.07, 6.45) is 2.51. The van der Waals surface area contributed by atoms with Gasteiger partial charge >= 0.3 is 0 Å². The van der Waals surface area contributed by atoms with Crippen molar-refractivity contribution in [2.24, 2.45) is 3.77 Å². The van der Waals surface area contributed by atoms with Crippen molar-refractivity contribution in [3.63, 3.8) is 0 Å². The van der Waals surface area contributed by atoms with E-state index >= 15 is 0 Å². The van der Waals surface area contributed by atoms with Crippen LogP contribution >= 0.6 is 0 Å². The monoisotopic (exact) mass is 211 g/mol. The quantitative estimate of drug-likeness (QED) is 0.547. The van der Waals surface area contributed by atoms with Gasteiger partial charge < -0.3 is 5.11 Å². The number of nitrogens with zero attached hydrogens (tertiary/aromatic N) is 1. The highest BCUT2D eigenvalue weighted by molar-refractivity contribution is 7.94. The van der Waals surface area contributed by atoms with Gasteiger partial charge in [0.15, 0.2) is 0 Å². The summed E-state index contributed by atoms with van der Waals surface area (Å²) in [6, 6.07) is 0. The van der Waals surface area contributed by atoms with Gasteiger partial charge in [0.25, 0.3) is 10.0 Å². The van der Waals surface area contributed by atoms with Crippen LogP contribution in [0.4, 0.5) is 0 Å². The maximum Gasteiger partial charge on any atom is 0.263 e. The Bertz CT molecular complexity index is 265. The number of rotatable bonds is 5. The maximum atomic E-state index is 10.9. The van der Waals surface area contributed by atoms with Gasteiger partial charge in [0, 0.05) is 0 Å². The van der Waals surface area contributed by atoms with Crippen molar-refractivity contribution in [2.75, 3.05) is 5.75 Å². The van der Waals surface area contributed by atoms with Crippen molar-refractivity contribution < 1.29 is 13.5 Å². The molecule has 4 nitrogen and oxygen atoms in total. The lowest BCUT2D eigenvalue weighted by atomic mass is 10.3. The summed E-state index contributed by atoms with van der Waals surface area (Å²) in [5, 5.41) is 8.18. The molecule has 0 spiro atoms. The summed E-state index contributed by atoms with van der Waals surface area (Å²) in [5.74, 6) is 0.0711. The minimum atomic E-state index is -3.32. The van der Waals surface area contributed by atoms with Gasteiger partial charge in [-0.05, 0) is 17.6 Å². The van der Waals surface area contributed by atoms with Crippen LogP contribution in [0.25, 0.3) is 0 Å². The Hall–Kier alpha value is -0.200. The molecule has 72 valence electrons. The van der Waals surface area contributed by atoms with Gasteiger partial charge in [-0.15, -0.1) is 3.77 Å². The van der Waals surface area contributed by atoms with Crippen LogP contribution < -0.4 is 0 Å². The predicted octanol–water partition coefficient (Wildman–Crippen LogP) is 1.09. The minimum Gasteiger partial charge on any atom is -0.357 e. The van der Waals surface area contributed by atoms with Crippen LogP contribution in [0.5, 0.6) is 0 Å². The molecule has 0 radical (unpaired) electrons. The number of sulfonamides is 1. The molecule has 0 fully saturated rings. The molecule has 0 aromatic heterocycles. The Morgan fingerprint density at radius 3 is 2.67 bits per heavy atom. The molecular weight excluding hydrogens is 198 g/mol.